The van der Waals surface area contributed by atoms with Gasteiger partial charge in [-0.1, -0.05) is 6.92 Å². The Labute approximate surface area is 201 Å². The van der Waals surface area contributed by atoms with E-state index in [0.29, 0.717) is 24.1 Å². The molecule has 1 aliphatic carbocycles. The monoisotopic (exact) mass is 487 g/mol. The fraction of sp³-hybridized carbons (Fsp3) is 0.667. The van der Waals surface area contributed by atoms with Crippen LogP contribution in [0, 0.1) is 0 Å². The minimum atomic E-state index is -3.36. The second-order valence-electron chi connectivity index (χ2n) is 9.75. The van der Waals surface area contributed by atoms with E-state index in [1.807, 2.05) is 12.4 Å². The van der Waals surface area contributed by atoms with E-state index in [0.717, 1.165) is 57.1 Å². The number of hydrogen-bond donors (Lipinski definition) is 0. The van der Waals surface area contributed by atoms with Crippen LogP contribution in [0.2, 0.25) is 0 Å². The highest BCUT2D eigenvalue weighted by molar-refractivity contribution is 7.90. The van der Waals surface area contributed by atoms with E-state index >= 15 is 0 Å². The van der Waals surface area contributed by atoms with Gasteiger partial charge in [-0.05, 0) is 63.4 Å². The summed E-state index contributed by atoms with van der Waals surface area (Å²) in [6.07, 6.45) is 17.4. The zero-order valence-corrected chi connectivity index (χ0v) is 20.7. The van der Waals surface area contributed by atoms with Gasteiger partial charge in [0, 0.05) is 30.7 Å². The highest BCUT2D eigenvalue weighted by Crippen LogP contribution is 2.40. The predicted octanol–water partition coefficient (Wildman–Crippen LogP) is 3.14. The molecule has 2 saturated heterocycles. The van der Waals surface area contributed by atoms with Crippen LogP contribution in [0.15, 0.2) is 29.8 Å². The van der Waals surface area contributed by atoms with Gasteiger partial charge in [-0.15, -0.1) is 0 Å². The van der Waals surface area contributed by atoms with Crippen molar-refractivity contribution in [2.75, 3.05) is 11.2 Å². The minimum Gasteiger partial charge on any atom is -0.473 e. The third-order valence-electron chi connectivity index (χ3n) is 7.30. The normalized spacial score (nSPS) is 29.2. The van der Waals surface area contributed by atoms with Crippen LogP contribution in [0.1, 0.15) is 63.9 Å². The highest BCUT2D eigenvalue weighted by atomic mass is 32.2. The van der Waals surface area contributed by atoms with Crippen molar-refractivity contribution < 1.29 is 17.9 Å². The van der Waals surface area contributed by atoms with E-state index in [1.165, 1.54) is 30.8 Å². The summed E-state index contributed by atoms with van der Waals surface area (Å²) in [6, 6.07) is 0.925. The van der Waals surface area contributed by atoms with Gasteiger partial charge in [0.15, 0.2) is 14.9 Å². The van der Waals surface area contributed by atoms with E-state index < -0.39 is 9.84 Å². The van der Waals surface area contributed by atoms with Crippen molar-refractivity contribution in [3.05, 3.63) is 30.4 Å². The van der Waals surface area contributed by atoms with E-state index in [4.69, 9.17) is 9.47 Å². The number of aromatic nitrogens is 4. The Morgan fingerprint density at radius 2 is 1.50 bits per heavy atom. The molecule has 0 aromatic carbocycles. The number of aryl methyl sites for hydroxylation is 1. The van der Waals surface area contributed by atoms with Crippen molar-refractivity contribution in [3.8, 4) is 5.88 Å². The van der Waals surface area contributed by atoms with Crippen LogP contribution < -0.4 is 9.64 Å². The van der Waals surface area contributed by atoms with Crippen LogP contribution in [0.4, 0.5) is 5.95 Å². The molecule has 184 valence electrons. The van der Waals surface area contributed by atoms with Gasteiger partial charge in [0.1, 0.15) is 6.10 Å². The lowest BCUT2D eigenvalue weighted by molar-refractivity contribution is -0.0587. The van der Waals surface area contributed by atoms with Gasteiger partial charge in [0.25, 0.3) is 0 Å². The lowest BCUT2D eigenvalue weighted by Crippen LogP contribution is -2.47. The van der Waals surface area contributed by atoms with Crippen LogP contribution in [0.5, 0.6) is 5.88 Å². The van der Waals surface area contributed by atoms with Crippen LogP contribution >= 0.6 is 0 Å². The standard InChI is InChI=1S/C24H33N5O4S/c1-3-16-12-27-24(28-13-16)29-17-4-5-18(29)11-21(10-17)32-19-6-8-20(9-7-19)33-22-14-26-23(15-25-22)34(2,30)31/h12-15,17-21H,3-11H2,1-2H3/t17-,18+,19?,20?,21?. The minimum absolute atomic E-state index is 0.0403. The number of hydrogen-bond acceptors (Lipinski definition) is 9. The van der Waals surface area contributed by atoms with Gasteiger partial charge in [-0.2, -0.15) is 0 Å². The number of ether oxygens (including phenoxy) is 2. The lowest BCUT2D eigenvalue weighted by Gasteiger charge is -2.40. The molecule has 2 bridgehead atoms. The summed E-state index contributed by atoms with van der Waals surface area (Å²) in [4.78, 5) is 19.8. The zero-order chi connectivity index (χ0) is 23.7. The second-order valence-corrected chi connectivity index (χ2v) is 11.7. The first-order valence-electron chi connectivity index (χ1n) is 12.3. The van der Waals surface area contributed by atoms with Crippen LogP contribution in [-0.2, 0) is 21.0 Å². The summed E-state index contributed by atoms with van der Waals surface area (Å²) < 4.78 is 35.6. The van der Waals surface area contributed by atoms with Gasteiger partial charge >= 0.3 is 0 Å². The molecule has 3 atom stereocenters. The van der Waals surface area contributed by atoms with Gasteiger partial charge in [0.2, 0.25) is 11.8 Å². The first kappa shape index (κ1) is 23.4. The molecular weight excluding hydrogens is 454 g/mol. The summed E-state index contributed by atoms with van der Waals surface area (Å²) in [5, 5.41) is -0.0403. The van der Waals surface area contributed by atoms with Gasteiger partial charge in [-0.25, -0.2) is 28.4 Å². The molecule has 0 radical (unpaired) electrons. The molecule has 0 amide bonds. The molecule has 2 aliphatic heterocycles. The van der Waals surface area contributed by atoms with Gasteiger partial charge in [-0.3, -0.25) is 0 Å². The van der Waals surface area contributed by atoms with Crippen molar-refractivity contribution in [1.82, 2.24) is 19.9 Å². The molecule has 3 fully saturated rings. The molecule has 5 rings (SSSR count). The van der Waals surface area contributed by atoms with Gasteiger partial charge in [0.05, 0.1) is 24.6 Å². The third kappa shape index (κ3) is 5.17. The first-order valence-corrected chi connectivity index (χ1v) is 14.2. The molecule has 9 nitrogen and oxygen atoms in total. The maximum atomic E-state index is 11.5. The maximum Gasteiger partial charge on any atom is 0.232 e. The van der Waals surface area contributed by atoms with Crippen molar-refractivity contribution in [3.63, 3.8) is 0 Å². The molecule has 1 unspecified atom stereocenters. The highest BCUT2D eigenvalue weighted by Gasteiger charge is 2.43. The topological polar surface area (TPSA) is 107 Å². The summed E-state index contributed by atoms with van der Waals surface area (Å²) in [7, 11) is -3.36. The first-order chi connectivity index (χ1) is 16.4. The van der Waals surface area contributed by atoms with Crippen LogP contribution in [0.25, 0.3) is 0 Å². The lowest BCUT2D eigenvalue weighted by atomic mass is 9.93. The molecule has 4 heterocycles. The average molecular weight is 488 g/mol. The Balaban J connectivity index is 1.10. The van der Waals surface area contributed by atoms with Crippen molar-refractivity contribution >= 4 is 15.8 Å². The Bertz CT molecular complexity index is 1060. The fourth-order valence-electron chi connectivity index (χ4n) is 5.51. The van der Waals surface area contributed by atoms with E-state index in [2.05, 4.69) is 31.8 Å². The molecule has 0 N–H and O–H groups in total. The number of anilines is 1. The summed E-state index contributed by atoms with van der Waals surface area (Å²) >= 11 is 0. The smallest absolute Gasteiger partial charge is 0.232 e. The van der Waals surface area contributed by atoms with Gasteiger partial charge < -0.3 is 14.4 Å². The predicted molar refractivity (Wildman–Crippen MR) is 127 cm³/mol. The maximum absolute atomic E-state index is 11.5. The van der Waals surface area contributed by atoms with E-state index in [9.17, 15) is 8.42 Å². The molecule has 1 saturated carbocycles. The second kappa shape index (κ2) is 9.73. The van der Waals surface area contributed by atoms with Crippen LogP contribution in [-0.4, -0.2) is 65.0 Å². The van der Waals surface area contributed by atoms with Crippen molar-refractivity contribution in [2.45, 2.75) is 100 Å². The molecule has 0 spiro atoms. The number of nitrogens with zero attached hydrogens (tertiary/aromatic N) is 5. The Kier molecular flexibility index (Phi) is 6.70. The average Bonchev–Trinajstić information content (AvgIpc) is 3.10. The summed E-state index contributed by atoms with van der Waals surface area (Å²) in [5.74, 6) is 1.24. The molecule has 34 heavy (non-hydrogen) atoms. The third-order valence-corrected chi connectivity index (χ3v) is 8.27. The SMILES string of the molecule is CCc1cnc(N2[C@@H]3CC[C@H]2CC(OC2CCC(Oc4cnc(S(C)(=O)=O)cn4)CC2)C3)nc1. The molecule has 2 aromatic rings. The number of fused-ring (bicyclic) bond motifs is 2. The number of piperidine rings is 1. The molecule has 3 aliphatic rings. The molecule has 10 heteroatoms. The van der Waals surface area contributed by atoms with E-state index in [-0.39, 0.29) is 17.2 Å². The number of rotatable bonds is 7. The Morgan fingerprint density at radius 1 is 0.853 bits per heavy atom. The quantitative estimate of drug-likeness (QED) is 0.582. The van der Waals surface area contributed by atoms with Crippen molar-refractivity contribution in [2.24, 2.45) is 0 Å². The Hall–Kier alpha value is -2.33. The fourth-order valence-corrected chi connectivity index (χ4v) is 6.00. The zero-order valence-electron chi connectivity index (χ0n) is 19.8. The summed E-state index contributed by atoms with van der Waals surface area (Å²) in [6.45, 7) is 2.12. The molecular formula is C24H33N5O4S. The van der Waals surface area contributed by atoms with Crippen LogP contribution in [0.3, 0.4) is 0 Å². The summed E-state index contributed by atoms with van der Waals surface area (Å²) in [5.41, 5.74) is 1.17. The molecule has 2 aromatic heterocycles. The Morgan fingerprint density at radius 3 is 2.06 bits per heavy atom. The number of sulfone groups is 1. The van der Waals surface area contributed by atoms with Crippen molar-refractivity contribution in [1.29, 1.82) is 0 Å². The largest absolute Gasteiger partial charge is 0.473 e. The van der Waals surface area contributed by atoms with E-state index in [1.54, 1.807) is 0 Å².